The van der Waals surface area contributed by atoms with E-state index in [1.54, 1.807) is 21.3 Å². The van der Waals surface area contributed by atoms with Crippen LogP contribution in [0.1, 0.15) is 71.6 Å². The summed E-state index contributed by atoms with van der Waals surface area (Å²) in [6.45, 7) is 4.97. The maximum absolute atomic E-state index is 5.65. The van der Waals surface area contributed by atoms with Crippen molar-refractivity contribution in [3.63, 3.8) is 0 Å². The Labute approximate surface area is 148 Å². The van der Waals surface area contributed by atoms with Gasteiger partial charge >= 0.3 is 0 Å². The summed E-state index contributed by atoms with van der Waals surface area (Å²) in [5.74, 6) is -0.753. The van der Waals surface area contributed by atoms with E-state index in [9.17, 15) is 0 Å². The van der Waals surface area contributed by atoms with Gasteiger partial charge in [-0.25, -0.2) is 0 Å². The summed E-state index contributed by atoms with van der Waals surface area (Å²) in [7, 11) is 4.95. The molecule has 0 aromatic rings. The average molecular weight is 347 g/mol. The predicted molar refractivity (Wildman–Crippen MR) is 94.8 cm³/mol. The lowest BCUT2D eigenvalue weighted by Crippen LogP contribution is -2.44. The zero-order valence-corrected chi connectivity index (χ0v) is 16.3. The van der Waals surface area contributed by atoms with E-state index in [0.717, 1.165) is 19.3 Å². The van der Waals surface area contributed by atoms with E-state index < -0.39 is 5.97 Å². The highest BCUT2D eigenvalue weighted by molar-refractivity contribution is 4.73. The Balaban J connectivity index is 2.36. The predicted octanol–water partition coefficient (Wildman–Crippen LogP) is 4.49. The van der Waals surface area contributed by atoms with Gasteiger partial charge in [-0.2, -0.15) is 0 Å². The Morgan fingerprint density at radius 1 is 0.875 bits per heavy atom. The number of epoxide rings is 1. The topological polar surface area (TPSA) is 49.5 Å². The van der Waals surface area contributed by atoms with E-state index in [-0.39, 0.29) is 18.3 Å². The molecule has 1 rings (SSSR count). The van der Waals surface area contributed by atoms with Crippen molar-refractivity contribution < 1.29 is 23.7 Å². The molecule has 144 valence electrons. The SMILES string of the molecule is CCCCCCCCC(CCCOC1OC1C)C(OC)(OC)OC. The smallest absolute Gasteiger partial charge is 0.285 e. The van der Waals surface area contributed by atoms with Crippen LogP contribution < -0.4 is 0 Å². The first-order valence-corrected chi connectivity index (χ1v) is 9.56. The molecule has 5 nitrogen and oxygen atoms in total. The normalized spacial score (nSPS) is 21.9. The van der Waals surface area contributed by atoms with Crippen LogP contribution in [-0.4, -0.2) is 46.3 Å². The van der Waals surface area contributed by atoms with E-state index in [0.29, 0.717) is 6.61 Å². The second-order valence-corrected chi connectivity index (χ2v) is 6.69. The molecule has 24 heavy (non-hydrogen) atoms. The summed E-state index contributed by atoms with van der Waals surface area (Å²) in [5.41, 5.74) is 0. The summed E-state index contributed by atoms with van der Waals surface area (Å²) < 4.78 is 27.7. The number of hydrogen-bond donors (Lipinski definition) is 0. The van der Waals surface area contributed by atoms with E-state index >= 15 is 0 Å². The van der Waals surface area contributed by atoms with Gasteiger partial charge in [0.25, 0.3) is 5.97 Å². The third-order valence-electron chi connectivity index (χ3n) is 4.89. The van der Waals surface area contributed by atoms with Crippen LogP contribution in [0, 0.1) is 5.92 Å². The van der Waals surface area contributed by atoms with Crippen molar-refractivity contribution in [2.75, 3.05) is 27.9 Å². The van der Waals surface area contributed by atoms with Crippen LogP contribution >= 0.6 is 0 Å². The molecule has 0 bridgehead atoms. The highest BCUT2D eigenvalue weighted by Gasteiger charge is 2.39. The number of hydrogen-bond acceptors (Lipinski definition) is 5. The van der Waals surface area contributed by atoms with Crippen molar-refractivity contribution in [1.82, 2.24) is 0 Å². The Bertz CT molecular complexity index is 298. The third-order valence-corrected chi connectivity index (χ3v) is 4.89. The summed E-state index contributed by atoms with van der Waals surface area (Å²) in [6.07, 6.45) is 10.9. The van der Waals surface area contributed by atoms with Gasteiger partial charge in [0.1, 0.15) is 6.10 Å². The number of rotatable bonds is 16. The van der Waals surface area contributed by atoms with Gasteiger partial charge in [-0.3, -0.25) is 0 Å². The Kier molecular flexibility index (Phi) is 11.1. The van der Waals surface area contributed by atoms with Crippen molar-refractivity contribution in [3.8, 4) is 0 Å². The molecule has 1 heterocycles. The zero-order valence-electron chi connectivity index (χ0n) is 16.3. The third kappa shape index (κ3) is 7.36. The second-order valence-electron chi connectivity index (χ2n) is 6.69. The Hall–Kier alpha value is -0.200. The van der Waals surface area contributed by atoms with Crippen molar-refractivity contribution in [2.24, 2.45) is 5.92 Å². The van der Waals surface area contributed by atoms with Gasteiger partial charge in [0.2, 0.25) is 0 Å². The van der Waals surface area contributed by atoms with Crippen molar-refractivity contribution >= 4 is 0 Å². The van der Waals surface area contributed by atoms with Crippen LogP contribution in [-0.2, 0) is 23.7 Å². The Morgan fingerprint density at radius 2 is 1.42 bits per heavy atom. The van der Waals surface area contributed by atoms with Crippen LogP contribution in [0.3, 0.4) is 0 Å². The summed E-state index contributed by atoms with van der Waals surface area (Å²) in [4.78, 5) is 0. The largest absolute Gasteiger partial charge is 0.350 e. The Morgan fingerprint density at radius 3 is 1.96 bits per heavy atom. The van der Waals surface area contributed by atoms with Gasteiger partial charge in [0, 0.05) is 33.9 Å². The first kappa shape index (κ1) is 21.8. The van der Waals surface area contributed by atoms with Crippen molar-refractivity contribution in [1.29, 1.82) is 0 Å². The summed E-state index contributed by atoms with van der Waals surface area (Å²) in [6, 6.07) is 0. The molecule has 0 amide bonds. The number of unbranched alkanes of at least 4 members (excludes halogenated alkanes) is 5. The molecule has 0 saturated carbocycles. The molecular formula is C19H38O5. The molecule has 1 saturated heterocycles. The fourth-order valence-corrected chi connectivity index (χ4v) is 3.29. The maximum Gasteiger partial charge on any atom is 0.285 e. The fraction of sp³-hybridized carbons (Fsp3) is 1.00. The lowest BCUT2D eigenvalue weighted by molar-refractivity contribution is -0.380. The van der Waals surface area contributed by atoms with Gasteiger partial charge < -0.3 is 23.7 Å². The molecule has 0 aromatic heterocycles. The quantitative estimate of drug-likeness (QED) is 0.234. The molecule has 1 aliphatic rings. The number of ether oxygens (including phenoxy) is 5. The van der Waals surface area contributed by atoms with Crippen LogP contribution in [0.15, 0.2) is 0 Å². The van der Waals surface area contributed by atoms with Gasteiger partial charge in [-0.1, -0.05) is 45.4 Å². The van der Waals surface area contributed by atoms with Crippen molar-refractivity contribution in [2.45, 2.75) is 90.0 Å². The van der Waals surface area contributed by atoms with Gasteiger partial charge in [-0.15, -0.1) is 0 Å². The lowest BCUT2D eigenvalue weighted by Gasteiger charge is -2.36. The molecule has 0 radical (unpaired) electrons. The molecule has 0 aromatic carbocycles. The van der Waals surface area contributed by atoms with Gasteiger partial charge in [-0.05, 0) is 26.2 Å². The first-order chi connectivity index (χ1) is 11.6. The van der Waals surface area contributed by atoms with E-state index in [1.807, 2.05) is 6.92 Å². The molecule has 0 aliphatic carbocycles. The first-order valence-electron chi connectivity index (χ1n) is 9.56. The molecule has 3 atom stereocenters. The number of methoxy groups -OCH3 is 3. The summed E-state index contributed by atoms with van der Waals surface area (Å²) >= 11 is 0. The van der Waals surface area contributed by atoms with Crippen LogP contribution in [0.4, 0.5) is 0 Å². The second kappa shape index (κ2) is 12.2. The van der Waals surface area contributed by atoms with Crippen LogP contribution in [0.25, 0.3) is 0 Å². The fourth-order valence-electron chi connectivity index (χ4n) is 3.29. The lowest BCUT2D eigenvalue weighted by atomic mass is 9.93. The minimum absolute atomic E-state index is 0.000881. The van der Waals surface area contributed by atoms with Crippen LogP contribution in [0.5, 0.6) is 0 Å². The summed E-state index contributed by atoms with van der Waals surface area (Å²) in [5, 5.41) is 0. The molecule has 0 N–H and O–H groups in total. The maximum atomic E-state index is 5.65. The molecule has 0 spiro atoms. The highest BCUT2D eigenvalue weighted by Crippen LogP contribution is 2.32. The molecular weight excluding hydrogens is 308 g/mol. The van der Waals surface area contributed by atoms with Gasteiger partial charge in [0.15, 0.2) is 6.29 Å². The molecule has 1 aliphatic heterocycles. The standard InChI is InChI=1S/C19H38O5/c1-6-7-8-9-10-11-13-17(19(20-3,21-4)22-5)14-12-15-23-18-16(2)24-18/h16-18H,6-15H2,1-5H3. The van der Waals surface area contributed by atoms with E-state index in [2.05, 4.69) is 6.92 Å². The highest BCUT2D eigenvalue weighted by atomic mass is 16.9. The van der Waals surface area contributed by atoms with Crippen LogP contribution in [0.2, 0.25) is 0 Å². The van der Waals surface area contributed by atoms with Gasteiger partial charge in [0.05, 0.1) is 0 Å². The monoisotopic (exact) mass is 346 g/mol. The minimum atomic E-state index is -0.952. The molecule has 1 fully saturated rings. The molecule has 3 unspecified atom stereocenters. The molecule has 5 heteroatoms. The van der Waals surface area contributed by atoms with E-state index in [4.69, 9.17) is 23.7 Å². The minimum Gasteiger partial charge on any atom is -0.350 e. The van der Waals surface area contributed by atoms with Crippen molar-refractivity contribution in [3.05, 3.63) is 0 Å². The van der Waals surface area contributed by atoms with E-state index in [1.165, 1.54) is 38.5 Å². The zero-order chi connectivity index (χ0) is 17.8. The average Bonchev–Trinajstić information content (AvgIpc) is 3.31.